The molecule has 1 unspecified atom stereocenters. The molecule has 0 aromatic rings. The van der Waals surface area contributed by atoms with E-state index in [-0.39, 0.29) is 23.9 Å². The summed E-state index contributed by atoms with van der Waals surface area (Å²) in [6, 6.07) is 0. The van der Waals surface area contributed by atoms with Crippen molar-refractivity contribution in [1.29, 1.82) is 0 Å². The molecule has 0 aromatic carbocycles. The first-order valence-electron chi connectivity index (χ1n) is 7.24. The molecular weight excluding hydrogens is 274 g/mol. The highest BCUT2D eigenvalue weighted by Crippen LogP contribution is 2.47. The number of piperidine rings is 1. The van der Waals surface area contributed by atoms with Crippen LogP contribution < -0.4 is 0 Å². The van der Waals surface area contributed by atoms with Gasteiger partial charge in [0.1, 0.15) is 6.61 Å². The molecule has 6 heteroatoms. The van der Waals surface area contributed by atoms with Crippen LogP contribution in [-0.4, -0.2) is 48.1 Å². The Hall–Kier alpha value is -1.59. The summed E-state index contributed by atoms with van der Waals surface area (Å²) in [6.45, 7) is 8.53. The Morgan fingerprint density at radius 3 is 2.24 bits per heavy atom. The van der Waals surface area contributed by atoms with Crippen molar-refractivity contribution in [3.8, 4) is 0 Å². The first-order chi connectivity index (χ1) is 9.65. The molecule has 0 aliphatic carbocycles. The Kier molecular flexibility index (Phi) is 5.36. The Labute approximate surface area is 125 Å². The average molecular weight is 299 g/mol. The van der Waals surface area contributed by atoms with E-state index in [9.17, 15) is 14.4 Å². The summed E-state index contributed by atoms with van der Waals surface area (Å²) in [7, 11) is 0. The molecule has 1 atom stereocenters. The first kappa shape index (κ1) is 17.5. The molecule has 0 aromatic heterocycles. The summed E-state index contributed by atoms with van der Waals surface area (Å²) in [5.74, 6) is -0.373. The molecule has 0 saturated carbocycles. The van der Waals surface area contributed by atoms with Crippen LogP contribution in [0.3, 0.4) is 0 Å². The minimum atomic E-state index is -0.965. The molecule has 1 aliphatic heterocycles. The molecule has 120 valence electrons. The van der Waals surface area contributed by atoms with Crippen molar-refractivity contribution in [1.82, 2.24) is 4.90 Å². The fourth-order valence-corrected chi connectivity index (χ4v) is 2.99. The zero-order valence-corrected chi connectivity index (χ0v) is 13.2. The third-order valence-electron chi connectivity index (χ3n) is 4.74. The van der Waals surface area contributed by atoms with Gasteiger partial charge in [0.05, 0.1) is 5.41 Å². The van der Waals surface area contributed by atoms with Crippen LogP contribution >= 0.6 is 0 Å². The summed E-state index contributed by atoms with van der Waals surface area (Å²) in [6.07, 6.45) is 0.443. The summed E-state index contributed by atoms with van der Waals surface area (Å²) in [5.41, 5.74) is -0.848. The summed E-state index contributed by atoms with van der Waals surface area (Å²) >= 11 is 0. The molecule has 1 saturated heterocycles. The van der Waals surface area contributed by atoms with Gasteiger partial charge >= 0.3 is 12.1 Å². The summed E-state index contributed by atoms with van der Waals surface area (Å²) < 4.78 is 5.07. The Morgan fingerprint density at radius 1 is 1.33 bits per heavy atom. The summed E-state index contributed by atoms with van der Waals surface area (Å²) in [5, 5.41) is 9.05. The van der Waals surface area contributed by atoms with Gasteiger partial charge in [-0.2, -0.15) is 0 Å². The largest absolute Gasteiger partial charge is 0.465 e. The van der Waals surface area contributed by atoms with Crippen molar-refractivity contribution in [3.05, 3.63) is 0 Å². The number of carbonyl (C=O) groups excluding carboxylic acids is 2. The molecule has 1 heterocycles. The molecular formula is C15H25NO5. The number of esters is 1. The lowest BCUT2D eigenvalue weighted by Gasteiger charge is -2.47. The van der Waals surface area contributed by atoms with E-state index in [4.69, 9.17) is 9.84 Å². The van der Waals surface area contributed by atoms with Gasteiger partial charge in [0.15, 0.2) is 6.29 Å². The summed E-state index contributed by atoms with van der Waals surface area (Å²) in [4.78, 5) is 35.3. The first-order valence-corrected chi connectivity index (χ1v) is 7.24. The SMILES string of the molecule is CC(C(C)(C)C)C1(C(=O)OCC=O)CCN(C(=O)O)CC1. The van der Waals surface area contributed by atoms with Crippen molar-refractivity contribution < 1.29 is 24.2 Å². The predicted octanol–water partition coefficient (Wildman–Crippen LogP) is 2.17. The number of rotatable bonds is 4. The number of hydrogen-bond donors (Lipinski definition) is 1. The number of amides is 1. The van der Waals surface area contributed by atoms with E-state index >= 15 is 0 Å². The van der Waals surface area contributed by atoms with Crippen LogP contribution in [0.25, 0.3) is 0 Å². The molecule has 21 heavy (non-hydrogen) atoms. The molecule has 1 N–H and O–H groups in total. The molecule has 6 nitrogen and oxygen atoms in total. The maximum absolute atomic E-state index is 12.5. The molecule has 1 amide bonds. The van der Waals surface area contributed by atoms with Crippen molar-refractivity contribution in [2.75, 3.05) is 19.7 Å². The number of aldehydes is 1. The van der Waals surface area contributed by atoms with Crippen LogP contribution in [0.4, 0.5) is 4.79 Å². The second kappa shape index (κ2) is 6.45. The zero-order valence-electron chi connectivity index (χ0n) is 13.2. The van der Waals surface area contributed by atoms with E-state index in [1.807, 2.05) is 6.92 Å². The van der Waals surface area contributed by atoms with E-state index in [0.29, 0.717) is 32.2 Å². The monoisotopic (exact) mass is 299 g/mol. The maximum atomic E-state index is 12.5. The fourth-order valence-electron chi connectivity index (χ4n) is 2.99. The fraction of sp³-hybridized carbons (Fsp3) is 0.800. The smallest absolute Gasteiger partial charge is 0.407 e. The quantitative estimate of drug-likeness (QED) is 0.635. The van der Waals surface area contributed by atoms with Gasteiger partial charge in [-0.25, -0.2) is 4.79 Å². The van der Waals surface area contributed by atoms with Gasteiger partial charge in [-0.05, 0) is 24.2 Å². The lowest BCUT2D eigenvalue weighted by molar-refractivity contribution is -0.167. The zero-order chi connectivity index (χ0) is 16.3. The van der Waals surface area contributed by atoms with Crippen LogP contribution in [0.15, 0.2) is 0 Å². The topological polar surface area (TPSA) is 83.9 Å². The van der Waals surface area contributed by atoms with Crippen molar-refractivity contribution in [3.63, 3.8) is 0 Å². The van der Waals surface area contributed by atoms with E-state index in [1.165, 1.54) is 4.90 Å². The van der Waals surface area contributed by atoms with Crippen LogP contribution in [0, 0.1) is 16.7 Å². The number of carbonyl (C=O) groups is 3. The van der Waals surface area contributed by atoms with E-state index < -0.39 is 11.5 Å². The van der Waals surface area contributed by atoms with Gasteiger partial charge in [-0.15, -0.1) is 0 Å². The van der Waals surface area contributed by atoms with E-state index in [1.54, 1.807) is 0 Å². The average Bonchev–Trinajstić information content (AvgIpc) is 2.42. The van der Waals surface area contributed by atoms with Gasteiger partial charge in [-0.3, -0.25) is 9.59 Å². The van der Waals surface area contributed by atoms with Gasteiger partial charge in [0.25, 0.3) is 0 Å². The normalized spacial score (nSPS) is 19.7. The molecule has 1 rings (SSSR count). The molecule has 1 aliphatic rings. The number of likely N-dealkylation sites (tertiary alicyclic amines) is 1. The Bertz CT molecular complexity index is 405. The van der Waals surface area contributed by atoms with Crippen LogP contribution in [-0.2, 0) is 14.3 Å². The third-order valence-corrected chi connectivity index (χ3v) is 4.74. The second-order valence-corrected chi connectivity index (χ2v) is 6.78. The van der Waals surface area contributed by atoms with Gasteiger partial charge < -0.3 is 14.7 Å². The van der Waals surface area contributed by atoms with Crippen LogP contribution in [0.2, 0.25) is 0 Å². The minimum Gasteiger partial charge on any atom is -0.465 e. The van der Waals surface area contributed by atoms with Crippen molar-refractivity contribution >= 4 is 18.3 Å². The molecule has 0 spiro atoms. The number of ether oxygens (including phenoxy) is 1. The van der Waals surface area contributed by atoms with Crippen molar-refractivity contribution in [2.45, 2.75) is 40.5 Å². The van der Waals surface area contributed by atoms with Crippen LogP contribution in [0.5, 0.6) is 0 Å². The van der Waals surface area contributed by atoms with E-state index in [0.717, 1.165) is 0 Å². The maximum Gasteiger partial charge on any atom is 0.407 e. The third kappa shape index (κ3) is 3.74. The predicted molar refractivity (Wildman–Crippen MR) is 76.9 cm³/mol. The second-order valence-electron chi connectivity index (χ2n) is 6.78. The Balaban J connectivity index is 2.99. The molecule has 1 fully saturated rings. The lowest BCUT2D eigenvalue weighted by atomic mass is 9.60. The highest BCUT2D eigenvalue weighted by molar-refractivity contribution is 5.79. The molecule has 0 bridgehead atoms. The van der Waals surface area contributed by atoms with Gasteiger partial charge in [0.2, 0.25) is 0 Å². The Morgan fingerprint density at radius 2 is 1.86 bits per heavy atom. The number of nitrogens with zero attached hydrogens (tertiary/aromatic N) is 1. The van der Waals surface area contributed by atoms with Gasteiger partial charge in [-0.1, -0.05) is 27.7 Å². The van der Waals surface area contributed by atoms with E-state index in [2.05, 4.69) is 20.8 Å². The number of hydrogen-bond acceptors (Lipinski definition) is 4. The molecule has 0 radical (unpaired) electrons. The van der Waals surface area contributed by atoms with Crippen LogP contribution in [0.1, 0.15) is 40.5 Å². The highest BCUT2D eigenvalue weighted by atomic mass is 16.5. The van der Waals surface area contributed by atoms with Crippen molar-refractivity contribution in [2.24, 2.45) is 16.7 Å². The number of carboxylic acid groups (broad SMARTS) is 1. The van der Waals surface area contributed by atoms with Gasteiger partial charge in [0, 0.05) is 13.1 Å². The lowest BCUT2D eigenvalue weighted by Crippen LogP contribution is -2.52. The minimum absolute atomic E-state index is 0.0140. The standard InChI is InChI=1S/C15H25NO5/c1-11(14(2,3)4)15(12(18)21-10-9-17)5-7-16(8-6-15)13(19)20/h9,11H,5-8,10H2,1-4H3,(H,19,20). The highest BCUT2D eigenvalue weighted by Gasteiger charge is 2.51.